The van der Waals surface area contributed by atoms with Crippen molar-refractivity contribution in [3.8, 4) is 0 Å². The molecule has 2 aromatic carbocycles. The topological polar surface area (TPSA) is 108 Å². The second-order valence-electron chi connectivity index (χ2n) is 7.67. The molecule has 2 N–H and O–H groups in total. The maximum atomic E-state index is 12.1. The van der Waals surface area contributed by atoms with Gasteiger partial charge in [-0.3, -0.25) is 19.7 Å². The Morgan fingerprint density at radius 3 is 2.32 bits per heavy atom. The number of nitrogens with zero attached hydrogens (tertiary/aromatic N) is 3. The highest BCUT2D eigenvalue weighted by Gasteiger charge is 2.16. The number of anilines is 2. The number of amides is 2. The lowest BCUT2D eigenvalue weighted by Gasteiger charge is -2.34. The molecule has 0 bridgehead atoms. The fraction of sp³-hybridized carbons (Fsp3) is 0.364. The third-order valence-corrected chi connectivity index (χ3v) is 5.38. The molecule has 1 fully saturated rings. The first kappa shape index (κ1) is 22.2. The highest BCUT2D eigenvalue weighted by molar-refractivity contribution is 6.39. The van der Waals surface area contributed by atoms with Gasteiger partial charge < -0.3 is 20.4 Å². The number of nitro groups is 1. The van der Waals surface area contributed by atoms with Crippen molar-refractivity contribution in [1.82, 2.24) is 10.2 Å². The average molecular weight is 425 g/mol. The number of carbonyl (C=O) groups is 2. The normalized spacial score (nSPS) is 14.2. The second-order valence-corrected chi connectivity index (χ2v) is 7.67. The molecule has 1 aliphatic heterocycles. The maximum Gasteiger partial charge on any atom is 0.313 e. The van der Waals surface area contributed by atoms with Crippen LogP contribution < -0.4 is 15.5 Å². The summed E-state index contributed by atoms with van der Waals surface area (Å²) in [5, 5.41) is 15.9. The summed E-state index contributed by atoms with van der Waals surface area (Å²) in [6.45, 7) is 6.08. The molecular weight excluding hydrogens is 398 g/mol. The predicted molar refractivity (Wildman–Crippen MR) is 119 cm³/mol. The first-order valence-corrected chi connectivity index (χ1v) is 10.2. The lowest BCUT2D eigenvalue weighted by Crippen LogP contribution is -2.44. The number of rotatable bonds is 6. The van der Waals surface area contributed by atoms with E-state index in [0.29, 0.717) is 24.2 Å². The third kappa shape index (κ3) is 6.02. The molecule has 0 aliphatic carbocycles. The lowest BCUT2D eigenvalue weighted by atomic mass is 10.1. The molecular formula is C22H27N5O4. The van der Waals surface area contributed by atoms with E-state index in [-0.39, 0.29) is 5.69 Å². The summed E-state index contributed by atoms with van der Waals surface area (Å²) in [4.78, 5) is 39.1. The van der Waals surface area contributed by atoms with Crippen LogP contribution in [-0.2, 0) is 16.0 Å². The molecule has 1 saturated heterocycles. The average Bonchev–Trinajstić information content (AvgIpc) is 2.76. The molecule has 0 saturated carbocycles. The van der Waals surface area contributed by atoms with Crippen LogP contribution in [0.5, 0.6) is 0 Å². The van der Waals surface area contributed by atoms with E-state index < -0.39 is 16.7 Å². The lowest BCUT2D eigenvalue weighted by molar-refractivity contribution is -0.384. The number of carbonyl (C=O) groups excluding carboxylic acids is 2. The van der Waals surface area contributed by atoms with E-state index in [1.807, 2.05) is 12.1 Å². The van der Waals surface area contributed by atoms with Crippen LogP contribution in [0.2, 0.25) is 0 Å². The largest absolute Gasteiger partial charge is 0.369 e. The summed E-state index contributed by atoms with van der Waals surface area (Å²) in [5.74, 6) is -1.55. The van der Waals surface area contributed by atoms with E-state index >= 15 is 0 Å². The van der Waals surface area contributed by atoms with E-state index in [0.717, 1.165) is 31.7 Å². The van der Waals surface area contributed by atoms with Crippen LogP contribution >= 0.6 is 0 Å². The summed E-state index contributed by atoms with van der Waals surface area (Å²) < 4.78 is 0. The van der Waals surface area contributed by atoms with Crippen LogP contribution in [0.25, 0.3) is 0 Å². The number of benzene rings is 2. The van der Waals surface area contributed by atoms with E-state index in [1.54, 1.807) is 6.92 Å². The smallest absolute Gasteiger partial charge is 0.313 e. The Bertz CT molecular complexity index is 953. The molecule has 9 heteroatoms. The molecule has 0 unspecified atom stereocenters. The molecule has 164 valence electrons. The van der Waals surface area contributed by atoms with Crippen molar-refractivity contribution in [3.05, 3.63) is 63.7 Å². The predicted octanol–water partition coefficient (Wildman–Crippen LogP) is 1.95. The zero-order chi connectivity index (χ0) is 22.4. The minimum absolute atomic E-state index is 0.0707. The molecule has 1 heterocycles. The molecule has 2 aromatic rings. The fourth-order valence-electron chi connectivity index (χ4n) is 3.42. The number of non-ortho nitro benzene ring substituents is 1. The van der Waals surface area contributed by atoms with Crippen molar-refractivity contribution in [2.75, 3.05) is 50.0 Å². The standard InChI is InChI=1S/C22H27N5O4/c1-16-15-19(27(30)31)7-8-20(16)24-22(29)21(28)23-10-9-17-3-5-18(6-4-17)26-13-11-25(2)12-14-26/h3-8,15H,9-14H2,1-2H3,(H,23,28)(H,24,29). The van der Waals surface area contributed by atoms with Gasteiger partial charge in [-0.1, -0.05) is 12.1 Å². The minimum atomic E-state index is -0.803. The molecule has 31 heavy (non-hydrogen) atoms. The Labute approximate surface area is 181 Å². The van der Waals surface area contributed by atoms with Gasteiger partial charge in [0.2, 0.25) is 0 Å². The van der Waals surface area contributed by atoms with Crippen molar-refractivity contribution in [2.45, 2.75) is 13.3 Å². The van der Waals surface area contributed by atoms with Crippen LogP contribution in [0.4, 0.5) is 17.1 Å². The highest BCUT2D eigenvalue weighted by Crippen LogP contribution is 2.21. The van der Waals surface area contributed by atoms with Gasteiger partial charge in [-0.2, -0.15) is 0 Å². The van der Waals surface area contributed by atoms with Crippen LogP contribution in [0.15, 0.2) is 42.5 Å². The number of aryl methyl sites for hydroxylation is 1. The summed E-state index contributed by atoms with van der Waals surface area (Å²) >= 11 is 0. The number of hydrogen-bond acceptors (Lipinski definition) is 6. The van der Waals surface area contributed by atoms with Gasteiger partial charge in [-0.05, 0) is 49.7 Å². The van der Waals surface area contributed by atoms with Gasteiger partial charge in [0.25, 0.3) is 5.69 Å². The van der Waals surface area contributed by atoms with Gasteiger partial charge in [-0.25, -0.2) is 0 Å². The quantitative estimate of drug-likeness (QED) is 0.416. The molecule has 0 atom stereocenters. The summed E-state index contributed by atoms with van der Waals surface area (Å²) in [6, 6.07) is 12.3. The van der Waals surface area contributed by atoms with Gasteiger partial charge >= 0.3 is 11.8 Å². The number of likely N-dealkylation sites (N-methyl/N-ethyl adjacent to an activating group) is 1. The number of piperazine rings is 1. The van der Waals surface area contributed by atoms with Crippen molar-refractivity contribution < 1.29 is 14.5 Å². The van der Waals surface area contributed by atoms with Crippen molar-refractivity contribution in [1.29, 1.82) is 0 Å². The van der Waals surface area contributed by atoms with Crippen molar-refractivity contribution in [2.24, 2.45) is 0 Å². The molecule has 1 aliphatic rings. The Balaban J connectivity index is 1.45. The van der Waals surface area contributed by atoms with E-state index in [2.05, 4.69) is 39.6 Å². The van der Waals surface area contributed by atoms with Crippen LogP contribution in [0.3, 0.4) is 0 Å². The Morgan fingerprint density at radius 1 is 1.03 bits per heavy atom. The van der Waals surface area contributed by atoms with Crippen molar-refractivity contribution in [3.63, 3.8) is 0 Å². The molecule has 0 spiro atoms. The summed E-state index contributed by atoms with van der Waals surface area (Å²) in [6.07, 6.45) is 0.610. The highest BCUT2D eigenvalue weighted by atomic mass is 16.6. The Morgan fingerprint density at radius 2 is 1.71 bits per heavy atom. The maximum absolute atomic E-state index is 12.1. The molecule has 0 aromatic heterocycles. The molecule has 2 amide bonds. The fourth-order valence-corrected chi connectivity index (χ4v) is 3.42. The first-order chi connectivity index (χ1) is 14.8. The molecule has 9 nitrogen and oxygen atoms in total. The molecule has 0 radical (unpaired) electrons. The van der Waals surface area contributed by atoms with Gasteiger partial charge in [0.05, 0.1) is 4.92 Å². The number of nitro benzene ring substituents is 1. The van der Waals surface area contributed by atoms with Crippen LogP contribution in [0.1, 0.15) is 11.1 Å². The van der Waals surface area contributed by atoms with Gasteiger partial charge in [0.15, 0.2) is 0 Å². The molecule has 3 rings (SSSR count). The Kier molecular flexibility index (Phi) is 7.19. The zero-order valence-corrected chi connectivity index (χ0v) is 17.8. The third-order valence-electron chi connectivity index (χ3n) is 5.38. The van der Waals surface area contributed by atoms with Gasteiger partial charge in [0.1, 0.15) is 0 Å². The van der Waals surface area contributed by atoms with E-state index in [4.69, 9.17) is 0 Å². The summed E-state index contributed by atoms with van der Waals surface area (Å²) in [7, 11) is 2.13. The summed E-state index contributed by atoms with van der Waals surface area (Å²) in [5.41, 5.74) is 3.07. The number of hydrogen-bond donors (Lipinski definition) is 2. The Hall–Kier alpha value is -3.46. The monoisotopic (exact) mass is 425 g/mol. The van der Waals surface area contributed by atoms with E-state index in [1.165, 1.54) is 23.9 Å². The van der Waals surface area contributed by atoms with Crippen LogP contribution in [-0.4, -0.2) is 61.4 Å². The minimum Gasteiger partial charge on any atom is -0.369 e. The zero-order valence-electron chi connectivity index (χ0n) is 17.8. The van der Waals surface area contributed by atoms with Crippen LogP contribution in [0, 0.1) is 17.0 Å². The second kappa shape index (κ2) is 10.0. The number of nitrogens with one attached hydrogen (secondary N) is 2. The van der Waals surface area contributed by atoms with Gasteiger partial charge in [-0.15, -0.1) is 0 Å². The van der Waals surface area contributed by atoms with Gasteiger partial charge in [0, 0.05) is 56.2 Å². The first-order valence-electron chi connectivity index (χ1n) is 10.2. The van der Waals surface area contributed by atoms with E-state index in [9.17, 15) is 19.7 Å². The van der Waals surface area contributed by atoms with Crippen molar-refractivity contribution >= 4 is 28.9 Å². The SMILES string of the molecule is Cc1cc([N+](=O)[O-])ccc1NC(=O)C(=O)NCCc1ccc(N2CCN(C)CC2)cc1.